The highest BCUT2D eigenvalue weighted by Gasteiger charge is 2.28. The molecule has 1 aromatic rings. The number of nitrogens with zero attached hydrogens (tertiary/aromatic N) is 1. The van der Waals surface area contributed by atoms with Crippen LogP contribution in [0.5, 0.6) is 0 Å². The van der Waals surface area contributed by atoms with Gasteiger partial charge in [-0.25, -0.2) is 4.98 Å². The zero-order valence-electron chi connectivity index (χ0n) is 11.7. The van der Waals surface area contributed by atoms with Gasteiger partial charge in [-0.05, 0) is 12.3 Å². The summed E-state index contributed by atoms with van der Waals surface area (Å²) in [5, 5.41) is 14.4. The van der Waals surface area contributed by atoms with E-state index in [9.17, 15) is 9.59 Å². The molecule has 0 saturated heterocycles. The van der Waals surface area contributed by atoms with Crippen molar-refractivity contribution in [3.63, 3.8) is 0 Å². The first-order valence-corrected chi connectivity index (χ1v) is 6.98. The third-order valence-electron chi connectivity index (χ3n) is 2.77. The van der Waals surface area contributed by atoms with Gasteiger partial charge in [0.1, 0.15) is 0 Å². The van der Waals surface area contributed by atoms with Gasteiger partial charge in [0.2, 0.25) is 5.91 Å². The van der Waals surface area contributed by atoms with E-state index in [2.05, 4.69) is 10.3 Å². The minimum absolute atomic E-state index is 0.0780. The molecule has 1 amide bonds. The number of nitrogens with one attached hydrogen (secondary N) is 1. The molecular formula is C13H20N2O3S. The van der Waals surface area contributed by atoms with Gasteiger partial charge in [-0.15, -0.1) is 11.3 Å². The fourth-order valence-corrected chi connectivity index (χ4v) is 2.26. The molecule has 6 heteroatoms. The zero-order chi connectivity index (χ0) is 14.6. The highest BCUT2D eigenvalue weighted by Crippen LogP contribution is 2.22. The summed E-state index contributed by atoms with van der Waals surface area (Å²) in [5.41, 5.74) is 0.425. The van der Waals surface area contributed by atoms with Crippen LogP contribution in [-0.2, 0) is 16.0 Å². The van der Waals surface area contributed by atoms with Crippen LogP contribution < -0.4 is 5.32 Å². The lowest BCUT2D eigenvalue weighted by atomic mass is 9.84. The van der Waals surface area contributed by atoms with Crippen molar-refractivity contribution in [2.75, 3.05) is 0 Å². The third kappa shape index (κ3) is 5.38. The molecule has 1 rings (SSSR count). The van der Waals surface area contributed by atoms with Gasteiger partial charge in [-0.3, -0.25) is 9.59 Å². The number of hydrogen-bond acceptors (Lipinski definition) is 4. The number of aryl methyl sites for hydroxylation is 1. The van der Waals surface area contributed by atoms with Gasteiger partial charge in [0.15, 0.2) is 0 Å². The smallest absolute Gasteiger partial charge is 0.305 e. The van der Waals surface area contributed by atoms with E-state index in [1.165, 1.54) is 11.3 Å². The second-order valence-electron chi connectivity index (χ2n) is 5.62. The van der Waals surface area contributed by atoms with E-state index in [4.69, 9.17) is 5.11 Å². The van der Waals surface area contributed by atoms with Gasteiger partial charge < -0.3 is 10.4 Å². The van der Waals surface area contributed by atoms with Crippen molar-refractivity contribution in [1.29, 1.82) is 0 Å². The summed E-state index contributed by atoms with van der Waals surface area (Å²) >= 11 is 1.50. The molecule has 0 aliphatic heterocycles. The molecule has 0 spiro atoms. The summed E-state index contributed by atoms with van der Waals surface area (Å²) in [6, 6.07) is -0.391. The van der Waals surface area contributed by atoms with Crippen molar-refractivity contribution in [3.05, 3.63) is 16.1 Å². The highest BCUT2D eigenvalue weighted by atomic mass is 32.1. The van der Waals surface area contributed by atoms with Gasteiger partial charge in [0, 0.05) is 11.4 Å². The Labute approximate surface area is 117 Å². The molecule has 19 heavy (non-hydrogen) atoms. The zero-order valence-corrected chi connectivity index (χ0v) is 12.5. The molecule has 5 nitrogen and oxygen atoms in total. The second kappa shape index (κ2) is 6.14. The lowest BCUT2D eigenvalue weighted by Gasteiger charge is -2.30. The average molecular weight is 284 g/mol. The Hall–Kier alpha value is -1.43. The number of carbonyl (C=O) groups is 2. The molecule has 1 aromatic heterocycles. The monoisotopic (exact) mass is 284 g/mol. The van der Waals surface area contributed by atoms with E-state index in [1.54, 1.807) is 0 Å². The standard InChI is InChI=1S/C13H20N2O3S/c1-8-14-9(7-19-8)5-11(16)15-10(6-12(17)18)13(2,3)4/h7,10H,5-6H2,1-4H3,(H,15,16)(H,17,18). The SMILES string of the molecule is Cc1nc(CC(=O)NC(CC(=O)O)C(C)(C)C)cs1. The first-order chi connectivity index (χ1) is 8.68. The van der Waals surface area contributed by atoms with Crippen LogP contribution >= 0.6 is 11.3 Å². The first kappa shape index (κ1) is 15.6. The van der Waals surface area contributed by atoms with E-state index in [-0.39, 0.29) is 24.2 Å². The van der Waals surface area contributed by atoms with Crippen molar-refractivity contribution in [1.82, 2.24) is 10.3 Å². The first-order valence-electron chi connectivity index (χ1n) is 6.10. The topological polar surface area (TPSA) is 79.3 Å². The predicted octanol–water partition coefficient (Wildman–Crippen LogP) is 2.00. The number of amides is 1. The molecule has 1 unspecified atom stereocenters. The van der Waals surface area contributed by atoms with Crippen molar-refractivity contribution in [3.8, 4) is 0 Å². The lowest BCUT2D eigenvalue weighted by Crippen LogP contribution is -2.45. The maximum absolute atomic E-state index is 11.9. The molecule has 0 fully saturated rings. The minimum atomic E-state index is -0.912. The Morgan fingerprint density at radius 1 is 1.47 bits per heavy atom. The summed E-state index contributed by atoms with van der Waals surface area (Å²) < 4.78 is 0. The number of carboxylic acids is 1. The maximum Gasteiger partial charge on any atom is 0.305 e. The van der Waals surface area contributed by atoms with Crippen LogP contribution in [0, 0.1) is 12.3 Å². The second-order valence-corrected chi connectivity index (χ2v) is 6.68. The number of thiazole rings is 1. The number of carboxylic acid groups (broad SMARTS) is 1. The fourth-order valence-electron chi connectivity index (χ4n) is 1.65. The van der Waals surface area contributed by atoms with Crippen molar-refractivity contribution >= 4 is 23.2 Å². The molecule has 106 valence electrons. The van der Waals surface area contributed by atoms with Crippen LogP contribution in [0.1, 0.15) is 37.9 Å². The normalized spacial score (nSPS) is 13.1. The minimum Gasteiger partial charge on any atom is -0.481 e. The van der Waals surface area contributed by atoms with Gasteiger partial charge in [0.05, 0.1) is 23.5 Å². The van der Waals surface area contributed by atoms with Crippen molar-refractivity contribution in [2.45, 2.75) is 46.6 Å². The Morgan fingerprint density at radius 3 is 2.53 bits per heavy atom. The van der Waals surface area contributed by atoms with Gasteiger partial charge >= 0.3 is 5.97 Å². The van der Waals surface area contributed by atoms with Gasteiger partial charge in [0.25, 0.3) is 0 Å². The molecule has 0 aliphatic rings. The third-order valence-corrected chi connectivity index (χ3v) is 3.59. The van der Waals surface area contributed by atoms with Crippen LogP contribution in [0.4, 0.5) is 0 Å². The van der Waals surface area contributed by atoms with E-state index >= 15 is 0 Å². The van der Waals surface area contributed by atoms with Crippen LogP contribution in [0.25, 0.3) is 0 Å². The van der Waals surface area contributed by atoms with Crippen LogP contribution in [0.15, 0.2) is 5.38 Å². The molecule has 0 aromatic carbocycles. The summed E-state index contributed by atoms with van der Waals surface area (Å²) in [6.07, 6.45) is 0.113. The fraction of sp³-hybridized carbons (Fsp3) is 0.615. The van der Waals surface area contributed by atoms with Crippen LogP contribution in [0.2, 0.25) is 0 Å². The lowest BCUT2D eigenvalue weighted by molar-refractivity contribution is -0.138. The van der Waals surface area contributed by atoms with Crippen molar-refractivity contribution < 1.29 is 14.7 Å². The number of carbonyl (C=O) groups excluding carboxylic acids is 1. The van der Waals surface area contributed by atoms with Gasteiger partial charge in [-0.1, -0.05) is 20.8 Å². The van der Waals surface area contributed by atoms with E-state index in [1.807, 2.05) is 33.1 Å². The maximum atomic E-state index is 11.9. The molecular weight excluding hydrogens is 264 g/mol. The highest BCUT2D eigenvalue weighted by molar-refractivity contribution is 7.09. The molecule has 0 bridgehead atoms. The number of rotatable bonds is 5. The predicted molar refractivity (Wildman–Crippen MR) is 74.2 cm³/mol. The quantitative estimate of drug-likeness (QED) is 0.866. The number of hydrogen-bond donors (Lipinski definition) is 2. The molecule has 2 N–H and O–H groups in total. The summed E-state index contributed by atoms with van der Waals surface area (Å²) in [5.74, 6) is -1.10. The van der Waals surface area contributed by atoms with Crippen LogP contribution in [-0.4, -0.2) is 28.0 Å². The molecule has 1 atom stereocenters. The largest absolute Gasteiger partial charge is 0.481 e. The van der Waals surface area contributed by atoms with Gasteiger partial charge in [-0.2, -0.15) is 0 Å². The van der Waals surface area contributed by atoms with Crippen LogP contribution in [0.3, 0.4) is 0 Å². The Balaban J connectivity index is 2.63. The Kier molecular flexibility index (Phi) is 5.05. The Bertz CT molecular complexity index is 463. The number of aliphatic carboxylic acids is 1. The summed E-state index contributed by atoms with van der Waals surface area (Å²) in [7, 11) is 0. The molecule has 1 heterocycles. The van der Waals surface area contributed by atoms with Crippen molar-refractivity contribution in [2.24, 2.45) is 5.41 Å². The number of aromatic nitrogens is 1. The molecule has 0 saturated carbocycles. The summed E-state index contributed by atoms with van der Waals surface area (Å²) in [6.45, 7) is 7.62. The molecule has 0 aliphatic carbocycles. The summed E-state index contributed by atoms with van der Waals surface area (Å²) in [4.78, 5) is 27.0. The van der Waals surface area contributed by atoms with E-state index in [0.717, 1.165) is 10.7 Å². The molecule has 0 radical (unpaired) electrons. The van der Waals surface area contributed by atoms with E-state index < -0.39 is 12.0 Å². The Morgan fingerprint density at radius 2 is 2.11 bits per heavy atom. The van der Waals surface area contributed by atoms with E-state index in [0.29, 0.717) is 0 Å². The average Bonchev–Trinajstić information content (AvgIpc) is 2.60.